The Labute approximate surface area is 160 Å². The van der Waals surface area contributed by atoms with E-state index in [0.29, 0.717) is 0 Å². The second-order valence-corrected chi connectivity index (χ2v) is 9.58. The molecule has 0 radical (unpaired) electrons. The highest BCUT2D eigenvalue weighted by Crippen LogP contribution is 2.22. The Morgan fingerprint density at radius 2 is 1.74 bits per heavy atom. The first kappa shape index (κ1) is 23.0. The van der Waals surface area contributed by atoms with Crippen LogP contribution >= 0.6 is 0 Å². The summed E-state index contributed by atoms with van der Waals surface area (Å²) in [4.78, 5) is 23.2. The summed E-state index contributed by atoms with van der Waals surface area (Å²) in [6, 6.07) is 4.73. The summed E-state index contributed by atoms with van der Waals surface area (Å²) in [6.07, 6.45) is 0. The lowest BCUT2D eigenvalue weighted by atomic mass is 9.89. The van der Waals surface area contributed by atoms with Crippen LogP contribution in [0.3, 0.4) is 0 Å². The molecule has 1 aromatic carbocycles. The van der Waals surface area contributed by atoms with Crippen molar-refractivity contribution >= 4 is 16.0 Å². The topological polar surface area (TPSA) is 116 Å². The van der Waals surface area contributed by atoms with Gasteiger partial charge in [0.2, 0.25) is 16.6 Å². The van der Waals surface area contributed by atoms with Gasteiger partial charge in [0.15, 0.2) is 0 Å². The highest BCUT2D eigenvalue weighted by Gasteiger charge is 2.40. The summed E-state index contributed by atoms with van der Waals surface area (Å²) >= 11 is 0. The predicted molar refractivity (Wildman–Crippen MR) is 101 cm³/mol. The molecule has 0 aromatic heterocycles. The number of rotatable bonds is 8. The molecule has 0 saturated heterocycles. The van der Waals surface area contributed by atoms with E-state index in [4.69, 9.17) is 4.74 Å². The standard InChI is InChI=1S/C18H28N2O6S/c1-12(2)15(11-20(22)23)16(17(21)26-18(4,5)6)19-27(24,25)14-9-7-13(3)8-10-14/h7-10,12,15-16,19H,11H2,1-6H3/t15-,16-/m0/s1. The van der Waals surface area contributed by atoms with Crippen molar-refractivity contribution in [1.82, 2.24) is 4.72 Å². The van der Waals surface area contributed by atoms with E-state index in [1.165, 1.54) is 12.1 Å². The van der Waals surface area contributed by atoms with E-state index in [-0.39, 0.29) is 10.8 Å². The molecule has 0 spiro atoms. The lowest BCUT2D eigenvalue weighted by molar-refractivity contribution is -0.490. The average Bonchev–Trinajstić information content (AvgIpc) is 2.49. The van der Waals surface area contributed by atoms with Gasteiger partial charge in [-0.1, -0.05) is 31.5 Å². The zero-order valence-corrected chi connectivity index (χ0v) is 17.4. The molecule has 8 nitrogen and oxygen atoms in total. The van der Waals surface area contributed by atoms with E-state index in [2.05, 4.69) is 4.72 Å². The molecular formula is C18H28N2O6S. The first-order valence-electron chi connectivity index (χ1n) is 8.66. The van der Waals surface area contributed by atoms with Gasteiger partial charge in [-0.05, 0) is 45.7 Å². The number of nitrogens with one attached hydrogen (secondary N) is 1. The van der Waals surface area contributed by atoms with Crippen LogP contribution in [0.1, 0.15) is 40.2 Å². The number of hydrogen-bond acceptors (Lipinski definition) is 6. The van der Waals surface area contributed by atoms with Crippen LogP contribution < -0.4 is 4.72 Å². The van der Waals surface area contributed by atoms with E-state index in [1.807, 2.05) is 6.92 Å². The van der Waals surface area contributed by atoms with Gasteiger partial charge in [-0.3, -0.25) is 14.9 Å². The molecule has 0 aliphatic heterocycles. The molecular weight excluding hydrogens is 372 g/mol. The summed E-state index contributed by atoms with van der Waals surface area (Å²) in [5.41, 5.74) is 0.0203. The van der Waals surface area contributed by atoms with Gasteiger partial charge in [0.25, 0.3) is 0 Å². The van der Waals surface area contributed by atoms with Crippen molar-refractivity contribution < 1.29 is 22.9 Å². The van der Waals surface area contributed by atoms with Crippen LogP contribution in [0.2, 0.25) is 0 Å². The second-order valence-electron chi connectivity index (χ2n) is 7.87. The molecule has 9 heteroatoms. The van der Waals surface area contributed by atoms with Crippen LogP contribution in [-0.2, 0) is 19.6 Å². The summed E-state index contributed by atoms with van der Waals surface area (Å²) in [5.74, 6) is -2.03. The number of ether oxygens (including phenoxy) is 1. The van der Waals surface area contributed by atoms with Gasteiger partial charge < -0.3 is 4.74 Å². The van der Waals surface area contributed by atoms with Crippen molar-refractivity contribution in [3.8, 4) is 0 Å². The molecule has 0 unspecified atom stereocenters. The van der Waals surface area contributed by atoms with Crippen LogP contribution in [0.4, 0.5) is 0 Å². The minimum absolute atomic E-state index is 0.0229. The number of nitro groups is 1. The Balaban J connectivity index is 3.28. The van der Waals surface area contributed by atoms with Crippen molar-refractivity contribution in [3.63, 3.8) is 0 Å². The SMILES string of the molecule is Cc1ccc(S(=O)(=O)N[C@H](C(=O)OC(C)(C)C)[C@@H](C[N+](=O)[O-])C(C)C)cc1. The van der Waals surface area contributed by atoms with E-state index in [9.17, 15) is 23.3 Å². The predicted octanol–water partition coefficient (Wildman–Crippen LogP) is 2.53. The maximum absolute atomic E-state index is 12.7. The Kier molecular flexibility index (Phi) is 7.50. The van der Waals surface area contributed by atoms with Crippen LogP contribution in [0.25, 0.3) is 0 Å². The molecule has 27 heavy (non-hydrogen) atoms. The normalized spacial score (nSPS) is 14.6. The van der Waals surface area contributed by atoms with Crippen molar-refractivity contribution in [2.75, 3.05) is 6.54 Å². The number of nitrogens with zero attached hydrogens (tertiary/aromatic N) is 1. The molecule has 1 N–H and O–H groups in total. The summed E-state index contributed by atoms with van der Waals surface area (Å²) in [6.45, 7) is 9.60. The fourth-order valence-electron chi connectivity index (χ4n) is 2.50. The summed E-state index contributed by atoms with van der Waals surface area (Å²) in [7, 11) is -4.06. The van der Waals surface area contributed by atoms with Gasteiger partial charge in [-0.2, -0.15) is 4.72 Å². The molecule has 0 bridgehead atoms. The molecule has 0 fully saturated rings. The highest BCUT2D eigenvalue weighted by atomic mass is 32.2. The summed E-state index contributed by atoms with van der Waals surface area (Å²) < 4.78 is 33.2. The van der Waals surface area contributed by atoms with Crippen LogP contribution in [0, 0.1) is 28.9 Å². The van der Waals surface area contributed by atoms with Gasteiger partial charge in [0.1, 0.15) is 11.6 Å². The maximum Gasteiger partial charge on any atom is 0.325 e. The fraction of sp³-hybridized carbons (Fsp3) is 0.611. The third-order valence-electron chi connectivity index (χ3n) is 3.92. The fourth-order valence-corrected chi connectivity index (χ4v) is 3.74. The molecule has 152 valence electrons. The third-order valence-corrected chi connectivity index (χ3v) is 5.38. The Morgan fingerprint density at radius 3 is 2.15 bits per heavy atom. The zero-order chi connectivity index (χ0) is 21.0. The average molecular weight is 400 g/mol. The van der Waals surface area contributed by atoms with Gasteiger partial charge in [-0.25, -0.2) is 8.42 Å². The Hall–Kier alpha value is -2.00. The van der Waals surface area contributed by atoms with Gasteiger partial charge in [0.05, 0.1) is 10.8 Å². The van der Waals surface area contributed by atoms with Crippen LogP contribution in [0.5, 0.6) is 0 Å². The van der Waals surface area contributed by atoms with Gasteiger partial charge in [-0.15, -0.1) is 0 Å². The second kappa shape index (κ2) is 8.79. The zero-order valence-electron chi connectivity index (χ0n) is 16.6. The number of aryl methyl sites for hydroxylation is 1. The third kappa shape index (κ3) is 7.26. The van der Waals surface area contributed by atoms with E-state index >= 15 is 0 Å². The number of hydrogen-bond donors (Lipinski definition) is 1. The monoisotopic (exact) mass is 400 g/mol. The maximum atomic E-state index is 12.7. The smallest absolute Gasteiger partial charge is 0.325 e. The highest BCUT2D eigenvalue weighted by molar-refractivity contribution is 7.89. The molecule has 0 aliphatic rings. The summed E-state index contributed by atoms with van der Waals surface area (Å²) in [5, 5.41) is 11.1. The lowest BCUT2D eigenvalue weighted by Crippen LogP contribution is -2.51. The van der Waals surface area contributed by atoms with Crippen molar-refractivity contribution in [3.05, 3.63) is 39.9 Å². The number of esters is 1. The van der Waals surface area contributed by atoms with E-state index < -0.39 is 45.0 Å². The number of sulfonamides is 1. The largest absolute Gasteiger partial charge is 0.459 e. The molecule has 0 amide bonds. The minimum Gasteiger partial charge on any atom is -0.459 e. The number of benzene rings is 1. The number of carbonyl (C=O) groups excluding carboxylic acids is 1. The van der Waals surface area contributed by atoms with E-state index in [1.54, 1.807) is 46.8 Å². The quantitative estimate of drug-likeness (QED) is 0.407. The van der Waals surface area contributed by atoms with Crippen LogP contribution in [0.15, 0.2) is 29.2 Å². The van der Waals surface area contributed by atoms with Crippen LogP contribution in [-0.4, -0.2) is 37.5 Å². The van der Waals surface area contributed by atoms with Crippen molar-refractivity contribution in [2.45, 2.75) is 58.1 Å². The molecule has 2 atom stereocenters. The first-order chi connectivity index (χ1) is 12.2. The Morgan fingerprint density at radius 1 is 1.22 bits per heavy atom. The van der Waals surface area contributed by atoms with Crippen molar-refractivity contribution in [1.29, 1.82) is 0 Å². The molecule has 1 rings (SSSR count). The molecule has 1 aromatic rings. The lowest BCUT2D eigenvalue weighted by Gasteiger charge is -2.29. The molecule has 0 aliphatic carbocycles. The van der Waals surface area contributed by atoms with Crippen molar-refractivity contribution in [2.24, 2.45) is 11.8 Å². The Bertz CT molecular complexity index is 766. The molecule has 0 saturated carbocycles. The first-order valence-corrected chi connectivity index (χ1v) is 10.1. The number of carbonyl (C=O) groups is 1. The molecule has 0 heterocycles. The van der Waals surface area contributed by atoms with Gasteiger partial charge in [0, 0.05) is 4.92 Å². The van der Waals surface area contributed by atoms with Gasteiger partial charge >= 0.3 is 5.97 Å². The van der Waals surface area contributed by atoms with E-state index in [0.717, 1.165) is 5.56 Å². The minimum atomic E-state index is -4.06.